The normalized spacial score (nSPS) is 14.9. The second-order valence-electron chi connectivity index (χ2n) is 6.15. The largest absolute Gasteiger partial charge is 0.477 e. The summed E-state index contributed by atoms with van der Waals surface area (Å²) in [4.78, 5) is 10.5. The van der Waals surface area contributed by atoms with E-state index in [0.717, 1.165) is 28.1 Å². The fraction of sp³-hybridized carbons (Fsp3) is 0.0500. The molecule has 2 aromatic carbocycles. The van der Waals surface area contributed by atoms with Gasteiger partial charge in [0.2, 0.25) is 0 Å². The van der Waals surface area contributed by atoms with E-state index < -0.39 is 11.0 Å². The zero-order valence-corrected chi connectivity index (χ0v) is 14.0. The number of nitrogens with one attached hydrogen (secondary N) is 1. The van der Waals surface area contributed by atoms with Crippen LogP contribution in [-0.2, 0) is 0 Å². The quantitative estimate of drug-likeness (QED) is 0.422. The Balaban J connectivity index is 1.73. The summed E-state index contributed by atoms with van der Waals surface area (Å²) in [6.45, 7) is 0. The number of nitro groups is 1. The van der Waals surface area contributed by atoms with Crippen molar-refractivity contribution in [2.45, 2.75) is 6.10 Å². The van der Waals surface area contributed by atoms with Crippen LogP contribution in [-0.4, -0.2) is 15.1 Å². The van der Waals surface area contributed by atoms with Crippen molar-refractivity contribution in [1.29, 1.82) is 0 Å². The van der Waals surface area contributed by atoms with E-state index in [0.29, 0.717) is 11.5 Å². The molecule has 0 amide bonds. The standard InChI is InChI=1S/C20H13N3O4/c24-23(25)16-11-10-15(26-16)20-17-18(12-6-2-1-3-7-12)21-22-19(17)13-8-4-5-9-14(13)27-20/h1-11,20H,(H,21,22). The summed E-state index contributed by atoms with van der Waals surface area (Å²) in [5.41, 5.74) is 4.15. The first-order valence-electron chi connectivity index (χ1n) is 8.36. The maximum absolute atomic E-state index is 11.0. The minimum Gasteiger partial charge on any atom is -0.477 e. The van der Waals surface area contributed by atoms with Crippen molar-refractivity contribution < 1.29 is 14.1 Å². The predicted molar refractivity (Wildman–Crippen MR) is 97.3 cm³/mol. The van der Waals surface area contributed by atoms with E-state index in [-0.39, 0.29) is 5.88 Å². The minimum atomic E-state index is -0.641. The van der Waals surface area contributed by atoms with Gasteiger partial charge in [-0.15, -0.1) is 0 Å². The number of fused-ring (bicyclic) bond motifs is 3. The Labute approximate surface area is 153 Å². The lowest BCUT2D eigenvalue weighted by atomic mass is 9.94. The van der Waals surface area contributed by atoms with Crippen LogP contribution in [0, 0.1) is 10.1 Å². The highest BCUT2D eigenvalue weighted by Crippen LogP contribution is 2.47. The Morgan fingerprint density at radius 3 is 2.56 bits per heavy atom. The third-order valence-electron chi connectivity index (χ3n) is 4.57. The molecule has 1 aliphatic heterocycles. The average molecular weight is 359 g/mol. The molecule has 0 saturated carbocycles. The topological polar surface area (TPSA) is 94.2 Å². The summed E-state index contributed by atoms with van der Waals surface area (Å²) < 4.78 is 11.6. The van der Waals surface area contributed by atoms with Crippen LogP contribution in [0.15, 0.2) is 71.1 Å². The van der Waals surface area contributed by atoms with Crippen molar-refractivity contribution in [3.63, 3.8) is 0 Å². The summed E-state index contributed by atoms with van der Waals surface area (Å²) in [7, 11) is 0. The van der Waals surface area contributed by atoms with E-state index in [9.17, 15) is 10.1 Å². The Kier molecular flexibility index (Phi) is 3.33. The Hall–Kier alpha value is -3.87. The number of hydrogen-bond acceptors (Lipinski definition) is 5. The van der Waals surface area contributed by atoms with Gasteiger partial charge in [-0.3, -0.25) is 15.2 Å². The van der Waals surface area contributed by atoms with Gasteiger partial charge < -0.3 is 9.15 Å². The number of H-pyrrole nitrogens is 1. The molecule has 0 bridgehead atoms. The summed E-state index contributed by atoms with van der Waals surface area (Å²) in [5, 5.41) is 18.6. The Bertz CT molecular complexity index is 1130. The van der Waals surface area contributed by atoms with Crippen LogP contribution in [0.5, 0.6) is 5.75 Å². The van der Waals surface area contributed by atoms with Crippen molar-refractivity contribution in [1.82, 2.24) is 10.2 Å². The molecule has 2 aromatic heterocycles. The lowest BCUT2D eigenvalue weighted by molar-refractivity contribution is -0.402. The van der Waals surface area contributed by atoms with Crippen molar-refractivity contribution in [2.24, 2.45) is 0 Å². The van der Waals surface area contributed by atoms with Crippen LogP contribution in [0.2, 0.25) is 0 Å². The van der Waals surface area contributed by atoms with Crippen LogP contribution < -0.4 is 4.74 Å². The van der Waals surface area contributed by atoms with Gasteiger partial charge in [-0.05, 0) is 18.2 Å². The van der Waals surface area contributed by atoms with Gasteiger partial charge in [0.1, 0.15) is 16.4 Å². The fourth-order valence-electron chi connectivity index (χ4n) is 3.37. The Morgan fingerprint density at radius 1 is 1.00 bits per heavy atom. The molecule has 0 aliphatic carbocycles. The number of aromatic amines is 1. The first kappa shape index (κ1) is 15.4. The molecule has 132 valence electrons. The SMILES string of the molecule is O=[N+]([O-])c1ccc(C2Oc3ccccc3-c3[nH]nc(-c4ccccc4)c32)o1. The molecule has 0 fully saturated rings. The number of ether oxygens (including phenoxy) is 1. The monoisotopic (exact) mass is 359 g/mol. The zero-order valence-electron chi connectivity index (χ0n) is 14.0. The van der Waals surface area contributed by atoms with Crippen LogP contribution in [0.25, 0.3) is 22.5 Å². The van der Waals surface area contributed by atoms with Crippen LogP contribution >= 0.6 is 0 Å². The summed E-state index contributed by atoms with van der Waals surface area (Å²) in [5.74, 6) is 0.701. The van der Waals surface area contributed by atoms with E-state index in [1.807, 2.05) is 54.6 Å². The zero-order chi connectivity index (χ0) is 18.4. The number of rotatable bonds is 3. The van der Waals surface area contributed by atoms with Gasteiger partial charge in [-0.25, -0.2) is 0 Å². The van der Waals surface area contributed by atoms with Gasteiger partial charge in [-0.2, -0.15) is 5.10 Å². The fourth-order valence-corrected chi connectivity index (χ4v) is 3.37. The highest BCUT2D eigenvalue weighted by Gasteiger charge is 2.35. The third kappa shape index (κ3) is 2.40. The molecule has 1 aliphatic rings. The molecule has 27 heavy (non-hydrogen) atoms. The molecular weight excluding hydrogens is 346 g/mol. The summed E-state index contributed by atoms with van der Waals surface area (Å²) in [6.07, 6.45) is -0.641. The van der Waals surface area contributed by atoms with E-state index in [4.69, 9.17) is 9.15 Å². The maximum Gasteiger partial charge on any atom is 0.433 e. The van der Waals surface area contributed by atoms with Gasteiger partial charge in [-0.1, -0.05) is 42.5 Å². The van der Waals surface area contributed by atoms with E-state index in [1.54, 1.807) is 6.07 Å². The molecule has 0 spiro atoms. The lowest BCUT2D eigenvalue weighted by Gasteiger charge is -2.25. The van der Waals surface area contributed by atoms with Crippen LogP contribution in [0.4, 0.5) is 5.88 Å². The molecular formula is C20H13N3O4. The highest BCUT2D eigenvalue weighted by molar-refractivity contribution is 5.80. The van der Waals surface area contributed by atoms with Crippen LogP contribution in [0.3, 0.4) is 0 Å². The number of aromatic nitrogens is 2. The summed E-state index contributed by atoms with van der Waals surface area (Å²) >= 11 is 0. The second-order valence-corrected chi connectivity index (χ2v) is 6.15. The average Bonchev–Trinajstić information content (AvgIpc) is 3.36. The smallest absolute Gasteiger partial charge is 0.433 e. The van der Waals surface area contributed by atoms with Gasteiger partial charge in [0.05, 0.1) is 17.3 Å². The Morgan fingerprint density at radius 2 is 1.78 bits per heavy atom. The van der Waals surface area contributed by atoms with E-state index >= 15 is 0 Å². The molecule has 7 nitrogen and oxygen atoms in total. The van der Waals surface area contributed by atoms with Crippen molar-refractivity contribution in [2.75, 3.05) is 0 Å². The predicted octanol–water partition coefficient (Wildman–Crippen LogP) is 4.73. The van der Waals surface area contributed by atoms with Gasteiger partial charge in [0.25, 0.3) is 0 Å². The lowest BCUT2D eigenvalue weighted by Crippen LogP contribution is -2.14. The van der Waals surface area contributed by atoms with Gasteiger partial charge >= 0.3 is 5.88 Å². The molecule has 0 radical (unpaired) electrons. The third-order valence-corrected chi connectivity index (χ3v) is 4.57. The maximum atomic E-state index is 11.0. The van der Waals surface area contributed by atoms with E-state index in [2.05, 4.69) is 10.2 Å². The first-order chi connectivity index (χ1) is 13.2. The van der Waals surface area contributed by atoms with Crippen LogP contribution in [0.1, 0.15) is 17.4 Å². The number of furan rings is 1. The van der Waals surface area contributed by atoms with Crippen molar-refractivity contribution in [3.8, 4) is 28.3 Å². The van der Waals surface area contributed by atoms with E-state index in [1.165, 1.54) is 6.07 Å². The molecule has 1 atom stereocenters. The molecule has 1 N–H and O–H groups in total. The number of nitrogens with zero attached hydrogens (tertiary/aromatic N) is 2. The van der Waals surface area contributed by atoms with Crippen molar-refractivity contribution in [3.05, 3.63) is 88.2 Å². The van der Waals surface area contributed by atoms with Gasteiger partial charge in [0, 0.05) is 11.1 Å². The molecule has 7 heteroatoms. The summed E-state index contributed by atoms with van der Waals surface area (Å²) in [6, 6.07) is 20.2. The minimum absolute atomic E-state index is 0.321. The van der Waals surface area contributed by atoms with Gasteiger partial charge in [0.15, 0.2) is 11.9 Å². The molecule has 3 heterocycles. The molecule has 5 rings (SSSR count). The second kappa shape index (κ2) is 5.84. The first-order valence-corrected chi connectivity index (χ1v) is 8.36. The molecule has 4 aromatic rings. The van der Waals surface area contributed by atoms with Crippen molar-refractivity contribution >= 4 is 5.88 Å². The highest BCUT2D eigenvalue weighted by atomic mass is 16.6. The molecule has 1 unspecified atom stereocenters. The number of hydrogen-bond donors (Lipinski definition) is 1. The number of benzene rings is 2. The number of para-hydroxylation sites is 1. The molecule has 0 saturated heterocycles.